The van der Waals surface area contributed by atoms with Crippen molar-refractivity contribution in [1.29, 1.82) is 0 Å². The van der Waals surface area contributed by atoms with Gasteiger partial charge in [-0.3, -0.25) is 0 Å². The first-order valence-corrected chi connectivity index (χ1v) is 15.0. The molecule has 0 amide bonds. The monoisotopic (exact) mass is 577 g/mol. The zero-order chi connectivity index (χ0) is 29.5. The fourth-order valence-corrected chi connectivity index (χ4v) is 6.75. The Labute approximate surface area is 256 Å². The Morgan fingerprint density at radius 1 is 0.444 bits per heavy atom. The second kappa shape index (κ2) is 9.15. The van der Waals surface area contributed by atoms with Gasteiger partial charge in [0.25, 0.3) is 0 Å². The van der Waals surface area contributed by atoms with E-state index in [1.807, 2.05) is 48.5 Å². The van der Waals surface area contributed by atoms with Crippen LogP contribution in [0.3, 0.4) is 0 Å². The predicted octanol–water partition coefficient (Wildman–Crippen LogP) is 10.7. The van der Waals surface area contributed by atoms with Gasteiger partial charge in [-0.1, -0.05) is 91.0 Å². The van der Waals surface area contributed by atoms with E-state index >= 15 is 0 Å². The smallest absolute Gasteiger partial charge is 0.180 e. The van der Waals surface area contributed by atoms with E-state index < -0.39 is 0 Å². The summed E-state index contributed by atoms with van der Waals surface area (Å²) in [4.78, 5) is 10.3. The van der Waals surface area contributed by atoms with E-state index in [1.54, 1.807) is 0 Å². The molecule has 0 fully saturated rings. The Hall–Kier alpha value is -6.20. The first-order chi connectivity index (χ1) is 22.3. The minimum absolute atomic E-state index is 0.623. The van der Waals surface area contributed by atoms with Crippen LogP contribution in [0.15, 0.2) is 148 Å². The van der Waals surface area contributed by atoms with E-state index in [1.165, 1.54) is 5.39 Å². The zero-order valence-corrected chi connectivity index (χ0v) is 23.9. The lowest BCUT2D eigenvalue weighted by Crippen LogP contribution is -1.93. The van der Waals surface area contributed by atoms with Crippen LogP contribution in [-0.4, -0.2) is 14.5 Å². The number of nitrogens with zero attached hydrogens (tertiary/aromatic N) is 3. The number of furan rings is 2. The molecular formula is C40H23N3O2. The highest BCUT2D eigenvalue weighted by Gasteiger charge is 2.21. The van der Waals surface area contributed by atoms with Crippen molar-refractivity contribution in [2.24, 2.45) is 0 Å². The molecule has 0 N–H and O–H groups in total. The summed E-state index contributed by atoms with van der Waals surface area (Å²) in [6, 6.07) is 47.9. The molecule has 45 heavy (non-hydrogen) atoms. The van der Waals surface area contributed by atoms with Gasteiger partial charge in [0.15, 0.2) is 11.4 Å². The molecule has 0 spiro atoms. The van der Waals surface area contributed by atoms with Crippen LogP contribution in [0.1, 0.15) is 0 Å². The number of hydrogen-bond acceptors (Lipinski definition) is 4. The standard InChI is InChI=1S/C40H23N3O2/c1-3-11-24(12-4-1)37-39-38(42-40(41-37)25-19-20-29-28-16-8-10-18-34(28)44-35(29)21-25)31-22-30-27-15-7-9-17-32(27)43(26-13-5-2-6-14-26)33(30)23-36(31)45-39/h1-23H. The summed E-state index contributed by atoms with van der Waals surface area (Å²) in [5.41, 5.74) is 9.86. The molecule has 0 saturated heterocycles. The predicted molar refractivity (Wildman–Crippen MR) is 182 cm³/mol. The number of fused-ring (bicyclic) bond motifs is 9. The third kappa shape index (κ3) is 3.55. The molecule has 10 aromatic rings. The van der Waals surface area contributed by atoms with E-state index in [2.05, 4.69) is 95.6 Å². The summed E-state index contributed by atoms with van der Waals surface area (Å²) in [6.45, 7) is 0. The SMILES string of the molecule is c1ccc(-c2nc(-c3ccc4c(c3)oc3ccccc34)nc3c2oc2cc4c(cc23)c2ccccc2n4-c2ccccc2)cc1. The lowest BCUT2D eigenvalue weighted by atomic mass is 10.1. The fraction of sp³-hybridized carbons (Fsp3) is 0. The van der Waals surface area contributed by atoms with Crippen molar-refractivity contribution < 1.29 is 8.83 Å². The Kier molecular flexibility index (Phi) is 4.93. The lowest BCUT2D eigenvalue weighted by molar-refractivity contribution is 0.667. The van der Waals surface area contributed by atoms with Crippen molar-refractivity contribution in [1.82, 2.24) is 14.5 Å². The van der Waals surface area contributed by atoms with Crippen molar-refractivity contribution >= 4 is 65.8 Å². The molecule has 0 aliphatic heterocycles. The number of hydrogen-bond donors (Lipinski definition) is 0. The van der Waals surface area contributed by atoms with Gasteiger partial charge in [-0.25, -0.2) is 9.97 Å². The molecule has 0 aliphatic rings. The van der Waals surface area contributed by atoms with Crippen molar-refractivity contribution in [3.8, 4) is 28.3 Å². The number of para-hydroxylation sites is 3. The zero-order valence-electron chi connectivity index (χ0n) is 23.9. The molecule has 210 valence electrons. The van der Waals surface area contributed by atoms with E-state index in [4.69, 9.17) is 18.8 Å². The highest BCUT2D eigenvalue weighted by Crippen LogP contribution is 2.41. The molecule has 6 aromatic carbocycles. The Morgan fingerprint density at radius 3 is 2.02 bits per heavy atom. The van der Waals surface area contributed by atoms with Crippen molar-refractivity contribution in [3.05, 3.63) is 140 Å². The maximum atomic E-state index is 6.68. The van der Waals surface area contributed by atoms with Crippen LogP contribution < -0.4 is 0 Å². The van der Waals surface area contributed by atoms with Crippen molar-refractivity contribution in [3.63, 3.8) is 0 Å². The average Bonchev–Trinajstić information content (AvgIpc) is 3.76. The third-order valence-corrected chi connectivity index (χ3v) is 8.81. The normalized spacial score (nSPS) is 12.0. The minimum Gasteiger partial charge on any atom is -0.456 e. The van der Waals surface area contributed by atoms with Gasteiger partial charge in [-0.05, 0) is 42.5 Å². The van der Waals surface area contributed by atoms with E-state index in [0.717, 1.165) is 77.4 Å². The summed E-state index contributed by atoms with van der Waals surface area (Å²) in [5.74, 6) is 0.623. The van der Waals surface area contributed by atoms with E-state index in [0.29, 0.717) is 11.4 Å². The molecule has 0 atom stereocenters. The topological polar surface area (TPSA) is 57.0 Å². The summed E-state index contributed by atoms with van der Waals surface area (Å²) in [6.07, 6.45) is 0. The average molecular weight is 578 g/mol. The van der Waals surface area contributed by atoms with Crippen LogP contribution in [0.5, 0.6) is 0 Å². The molecule has 4 heterocycles. The van der Waals surface area contributed by atoms with Gasteiger partial charge in [0, 0.05) is 49.8 Å². The molecule has 5 nitrogen and oxygen atoms in total. The van der Waals surface area contributed by atoms with Gasteiger partial charge in [0.2, 0.25) is 0 Å². The van der Waals surface area contributed by atoms with Gasteiger partial charge in [0.05, 0.1) is 11.0 Å². The molecular weight excluding hydrogens is 554 g/mol. The Balaban J connectivity index is 1.28. The van der Waals surface area contributed by atoms with Gasteiger partial charge in [-0.15, -0.1) is 0 Å². The van der Waals surface area contributed by atoms with Crippen LogP contribution in [0.4, 0.5) is 0 Å². The molecule has 4 aromatic heterocycles. The molecule has 5 heteroatoms. The summed E-state index contributed by atoms with van der Waals surface area (Å²) < 4.78 is 15.2. The lowest BCUT2D eigenvalue weighted by Gasteiger charge is -2.07. The van der Waals surface area contributed by atoms with E-state index in [-0.39, 0.29) is 0 Å². The second-order valence-corrected chi connectivity index (χ2v) is 11.4. The highest BCUT2D eigenvalue weighted by atomic mass is 16.3. The number of benzene rings is 6. The number of rotatable bonds is 3. The van der Waals surface area contributed by atoms with Crippen LogP contribution >= 0.6 is 0 Å². The van der Waals surface area contributed by atoms with Crippen LogP contribution in [0, 0.1) is 0 Å². The third-order valence-electron chi connectivity index (χ3n) is 8.81. The van der Waals surface area contributed by atoms with Crippen molar-refractivity contribution in [2.45, 2.75) is 0 Å². The molecule has 0 radical (unpaired) electrons. The Bertz CT molecular complexity index is 2750. The summed E-state index contributed by atoms with van der Waals surface area (Å²) >= 11 is 0. The fourth-order valence-electron chi connectivity index (χ4n) is 6.75. The summed E-state index contributed by atoms with van der Waals surface area (Å²) in [5, 5.41) is 5.46. The molecule has 0 aliphatic carbocycles. The maximum absolute atomic E-state index is 6.68. The minimum atomic E-state index is 0.623. The first kappa shape index (κ1) is 24.3. The van der Waals surface area contributed by atoms with Crippen LogP contribution in [-0.2, 0) is 0 Å². The Morgan fingerprint density at radius 2 is 1.16 bits per heavy atom. The van der Waals surface area contributed by atoms with Crippen molar-refractivity contribution in [2.75, 3.05) is 0 Å². The van der Waals surface area contributed by atoms with Gasteiger partial charge < -0.3 is 13.4 Å². The summed E-state index contributed by atoms with van der Waals surface area (Å²) in [7, 11) is 0. The quantitative estimate of drug-likeness (QED) is 0.210. The van der Waals surface area contributed by atoms with Gasteiger partial charge >= 0.3 is 0 Å². The largest absolute Gasteiger partial charge is 0.456 e. The number of aromatic nitrogens is 3. The molecule has 10 rings (SSSR count). The molecule has 0 bridgehead atoms. The van der Waals surface area contributed by atoms with Crippen LogP contribution in [0.25, 0.3) is 94.1 Å². The van der Waals surface area contributed by atoms with Gasteiger partial charge in [0.1, 0.15) is 28.0 Å². The highest BCUT2D eigenvalue weighted by molar-refractivity contribution is 6.17. The second-order valence-electron chi connectivity index (χ2n) is 11.4. The van der Waals surface area contributed by atoms with Gasteiger partial charge in [-0.2, -0.15) is 0 Å². The van der Waals surface area contributed by atoms with E-state index in [9.17, 15) is 0 Å². The first-order valence-electron chi connectivity index (χ1n) is 15.0. The molecule has 0 saturated carbocycles. The maximum Gasteiger partial charge on any atom is 0.180 e. The molecule has 0 unspecified atom stereocenters. The van der Waals surface area contributed by atoms with Crippen LogP contribution in [0.2, 0.25) is 0 Å².